The molecule has 3 aromatic heterocycles. The van der Waals surface area contributed by atoms with Crippen LogP contribution in [-0.4, -0.2) is 47.3 Å². The molecule has 1 aliphatic rings. The second-order valence-corrected chi connectivity index (χ2v) is 9.34. The van der Waals surface area contributed by atoms with E-state index in [2.05, 4.69) is 9.88 Å². The zero-order valence-electron chi connectivity index (χ0n) is 17.5. The average molecular weight is 451 g/mol. The zero-order chi connectivity index (χ0) is 22.3. The summed E-state index contributed by atoms with van der Waals surface area (Å²) in [5.74, 6) is 1.93. The van der Waals surface area contributed by atoms with Crippen LogP contribution < -0.4 is 10.6 Å². The number of hydrogen-bond acceptors (Lipinski definition) is 8. The third kappa shape index (κ3) is 3.90. The van der Waals surface area contributed by atoms with Gasteiger partial charge in [0.1, 0.15) is 17.2 Å². The monoisotopic (exact) mass is 450 g/mol. The van der Waals surface area contributed by atoms with Gasteiger partial charge in [-0.05, 0) is 48.4 Å². The molecule has 0 spiro atoms. The van der Waals surface area contributed by atoms with Crippen molar-refractivity contribution in [2.75, 3.05) is 30.0 Å². The molecule has 5 rings (SSSR count). The first-order valence-electron chi connectivity index (χ1n) is 10.2. The van der Waals surface area contributed by atoms with Gasteiger partial charge in [-0.25, -0.2) is 15.0 Å². The van der Waals surface area contributed by atoms with Gasteiger partial charge in [-0.3, -0.25) is 8.75 Å². The van der Waals surface area contributed by atoms with Crippen molar-refractivity contribution in [3.63, 3.8) is 0 Å². The molecule has 164 valence electrons. The Hall–Kier alpha value is -3.50. The van der Waals surface area contributed by atoms with Gasteiger partial charge in [-0.2, -0.15) is 8.42 Å². The summed E-state index contributed by atoms with van der Waals surface area (Å²) in [6.45, 7) is 1.96. The number of nitrogens with two attached hydrogens (primary N) is 1. The van der Waals surface area contributed by atoms with Crippen molar-refractivity contribution >= 4 is 32.9 Å². The molecule has 0 bridgehead atoms. The lowest BCUT2D eigenvalue weighted by atomic mass is 10.2. The Labute approximate surface area is 185 Å². The Morgan fingerprint density at radius 3 is 2.50 bits per heavy atom. The number of nitrogens with zero attached hydrogens (tertiary/aromatic N) is 5. The molecule has 0 saturated carbocycles. The Bertz CT molecular complexity index is 1400. The number of anilines is 2. The van der Waals surface area contributed by atoms with E-state index in [-0.39, 0.29) is 6.61 Å². The minimum absolute atomic E-state index is 0.0242. The van der Waals surface area contributed by atoms with Crippen molar-refractivity contribution in [1.29, 1.82) is 0 Å². The molecular weight excluding hydrogens is 428 g/mol. The number of aromatic nitrogens is 4. The van der Waals surface area contributed by atoms with Gasteiger partial charge in [-0.1, -0.05) is 12.1 Å². The third-order valence-corrected chi connectivity index (χ3v) is 5.93. The first-order valence-corrected chi connectivity index (χ1v) is 12.0. The first kappa shape index (κ1) is 20.4. The van der Waals surface area contributed by atoms with Crippen LogP contribution in [-0.2, 0) is 20.9 Å². The maximum absolute atomic E-state index is 11.3. The van der Waals surface area contributed by atoms with E-state index < -0.39 is 10.1 Å². The van der Waals surface area contributed by atoms with Crippen LogP contribution in [0.5, 0.6) is 0 Å². The van der Waals surface area contributed by atoms with E-state index in [0.717, 1.165) is 48.4 Å². The lowest BCUT2D eigenvalue weighted by Crippen LogP contribution is -2.37. The lowest BCUT2D eigenvalue weighted by Gasteiger charge is -2.31. The molecular formula is C22H22N6O3S. The number of imidazole rings is 1. The fourth-order valence-electron chi connectivity index (χ4n) is 3.62. The van der Waals surface area contributed by atoms with E-state index in [4.69, 9.17) is 19.9 Å². The van der Waals surface area contributed by atoms with Crippen LogP contribution in [0.4, 0.5) is 11.6 Å². The van der Waals surface area contributed by atoms with E-state index in [1.807, 2.05) is 53.1 Å². The van der Waals surface area contributed by atoms with E-state index in [9.17, 15) is 8.42 Å². The molecule has 0 aliphatic carbocycles. The topological polar surface area (TPSA) is 116 Å². The molecule has 1 saturated heterocycles. The molecule has 1 fully saturated rings. The van der Waals surface area contributed by atoms with E-state index in [1.54, 1.807) is 6.20 Å². The van der Waals surface area contributed by atoms with Crippen LogP contribution in [0.2, 0.25) is 0 Å². The summed E-state index contributed by atoms with van der Waals surface area (Å²) in [4.78, 5) is 16.2. The van der Waals surface area contributed by atoms with Crippen molar-refractivity contribution in [1.82, 2.24) is 19.5 Å². The lowest BCUT2D eigenvalue weighted by molar-refractivity contribution is 0.311. The molecule has 0 amide bonds. The molecule has 0 radical (unpaired) electrons. The predicted octanol–water partition coefficient (Wildman–Crippen LogP) is 2.75. The maximum Gasteiger partial charge on any atom is 0.264 e. The summed E-state index contributed by atoms with van der Waals surface area (Å²) in [5, 5.41) is 0. The van der Waals surface area contributed by atoms with Crippen LogP contribution in [0.25, 0.3) is 28.2 Å². The van der Waals surface area contributed by atoms with Crippen molar-refractivity contribution < 1.29 is 12.6 Å². The fraction of sp³-hybridized carbons (Fsp3) is 0.227. The molecule has 4 aromatic rings. The molecule has 1 aliphatic heterocycles. The van der Waals surface area contributed by atoms with Gasteiger partial charge in [0.2, 0.25) is 0 Å². The smallest absolute Gasteiger partial charge is 0.264 e. The van der Waals surface area contributed by atoms with Gasteiger partial charge in [0.15, 0.2) is 11.5 Å². The molecule has 0 unspecified atom stereocenters. The van der Waals surface area contributed by atoms with Gasteiger partial charge < -0.3 is 10.6 Å². The maximum atomic E-state index is 11.3. The first-order chi connectivity index (χ1) is 15.4. The molecule has 1 aromatic carbocycles. The molecule has 2 N–H and O–H groups in total. The highest BCUT2D eigenvalue weighted by Gasteiger charge is 2.21. The molecule has 32 heavy (non-hydrogen) atoms. The summed E-state index contributed by atoms with van der Waals surface area (Å²) in [6, 6.07) is 15.1. The van der Waals surface area contributed by atoms with Crippen molar-refractivity contribution in [3.05, 3.63) is 60.3 Å². The number of pyridine rings is 2. The van der Waals surface area contributed by atoms with Crippen LogP contribution in [0.3, 0.4) is 0 Å². The minimum Gasteiger partial charge on any atom is -0.383 e. The van der Waals surface area contributed by atoms with Gasteiger partial charge in [-0.15, -0.1) is 0 Å². The summed E-state index contributed by atoms with van der Waals surface area (Å²) in [5.41, 5.74) is 9.90. The second-order valence-electron chi connectivity index (χ2n) is 7.69. The van der Waals surface area contributed by atoms with Crippen LogP contribution in [0.15, 0.2) is 54.7 Å². The molecule has 4 heterocycles. The van der Waals surface area contributed by atoms with Crippen LogP contribution >= 0.6 is 0 Å². The Balaban J connectivity index is 1.63. The van der Waals surface area contributed by atoms with E-state index in [1.165, 1.54) is 0 Å². The SMILES string of the molecule is CS(=O)(=O)OCc1ccc(-n2c(-c3cccnc3N)nc3ccc(N4CCC4)nc32)cc1. The quantitative estimate of drug-likeness (QED) is 0.446. The number of hydrogen-bond donors (Lipinski definition) is 1. The number of nitrogen functional groups attached to an aromatic ring is 1. The highest BCUT2D eigenvalue weighted by Crippen LogP contribution is 2.32. The Morgan fingerprint density at radius 1 is 1.06 bits per heavy atom. The van der Waals surface area contributed by atoms with Gasteiger partial charge in [0, 0.05) is 25.0 Å². The average Bonchev–Trinajstić information content (AvgIpc) is 3.10. The summed E-state index contributed by atoms with van der Waals surface area (Å²) < 4.78 is 29.4. The number of fused-ring (bicyclic) bond motifs is 1. The van der Waals surface area contributed by atoms with Crippen molar-refractivity contribution in [3.8, 4) is 17.1 Å². The van der Waals surface area contributed by atoms with Crippen molar-refractivity contribution in [2.45, 2.75) is 13.0 Å². The summed E-state index contributed by atoms with van der Waals surface area (Å²) >= 11 is 0. The standard InChI is InChI=1S/C22H22N6O3S/c1-32(29,30)31-14-15-5-7-16(8-6-15)28-21(17-4-2-11-24-20(17)23)25-18-9-10-19(26-22(18)28)27-12-3-13-27/h2,4-11H,3,12-14H2,1H3,(H2,23,24). The van der Waals surface area contributed by atoms with Gasteiger partial charge >= 0.3 is 0 Å². The summed E-state index contributed by atoms with van der Waals surface area (Å²) in [7, 11) is -3.51. The van der Waals surface area contributed by atoms with Crippen LogP contribution in [0.1, 0.15) is 12.0 Å². The highest BCUT2D eigenvalue weighted by molar-refractivity contribution is 7.85. The predicted molar refractivity (Wildman–Crippen MR) is 123 cm³/mol. The second kappa shape index (κ2) is 7.88. The van der Waals surface area contributed by atoms with Crippen LogP contribution in [0, 0.1) is 0 Å². The fourth-order valence-corrected chi connectivity index (χ4v) is 3.97. The summed E-state index contributed by atoms with van der Waals surface area (Å²) in [6.07, 6.45) is 3.83. The molecule has 9 nitrogen and oxygen atoms in total. The van der Waals surface area contributed by atoms with Crippen molar-refractivity contribution in [2.24, 2.45) is 0 Å². The minimum atomic E-state index is -3.51. The number of rotatable bonds is 6. The molecule has 10 heteroatoms. The largest absolute Gasteiger partial charge is 0.383 e. The Morgan fingerprint density at radius 2 is 1.84 bits per heavy atom. The Kier molecular flexibility index (Phi) is 5.03. The normalized spacial score (nSPS) is 14.0. The zero-order valence-corrected chi connectivity index (χ0v) is 18.3. The van der Waals surface area contributed by atoms with Gasteiger partial charge in [0.25, 0.3) is 10.1 Å². The van der Waals surface area contributed by atoms with Gasteiger partial charge in [0.05, 0.1) is 18.4 Å². The van der Waals surface area contributed by atoms with E-state index >= 15 is 0 Å². The third-order valence-electron chi connectivity index (χ3n) is 5.38. The number of benzene rings is 1. The van der Waals surface area contributed by atoms with E-state index in [0.29, 0.717) is 22.9 Å². The highest BCUT2D eigenvalue weighted by atomic mass is 32.2. The molecule has 0 atom stereocenters.